The average molecular weight is 366 g/mol. The van der Waals surface area contributed by atoms with E-state index in [2.05, 4.69) is 51.6 Å². The summed E-state index contributed by atoms with van der Waals surface area (Å²) < 4.78 is 14.6. The van der Waals surface area contributed by atoms with Gasteiger partial charge in [0.15, 0.2) is 0 Å². The van der Waals surface area contributed by atoms with Crippen molar-refractivity contribution in [1.29, 1.82) is 0 Å². The molecule has 0 fully saturated rings. The number of rotatable bonds is 8. The Morgan fingerprint density at radius 2 is 1.89 bits per heavy atom. The van der Waals surface area contributed by atoms with Crippen LogP contribution in [0, 0.1) is 12.7 Å². The average Bonchev–Trinajstić information content (AvgIpc) is 2.64. The van der Waals surface area contributed by atoms with Gasteiger partial charge in [-0.05, 0) is 55.5 Å². The van der Waals surface area contributed by atoms with Crippen LogP contribution in [-0.4, -0.2) is 10.4 Å². The van der Waals surface area contributed by atoms with Gasteiger partial charge in [-0.2, -0.15) is 0 Å². The number of unbranched alkanes of at least 4 members (excludes halogenated alkanes) is 1. The number of nitrogens with zero attached hydrogens (tertiary/aromatic N) is 1. The Balaban J connectivity index is 2.50. The maximum Gasteiger partial charge on any atom is 0.129 e. The summed E-state index contributed by atoms with van der Waals surface area (Å²) in [5.74, 6) is -0.137. The molecule has 144 valence electrons. The molecule has 0 unspecified atom stereocenters. The molecule has 27 heavy (non-hydrogen) atoms. The van der Waals surface area contributed by atoms with Crippen LogP contribution in [0.4, 0.5) is 4.39 Å². The van der Waals surface area contributed by atoms with Crippen molar-refractivity contribution in [3.8, 4) is 0 Å². The quantitative estimate of drug-likeness (QED) is 0.478. The lowest BCUT2D eigenvalue weighted by Gasteiger charge is -2.43. The smallest absolute Gasteiger partial charge is 0.129 e. The van der Waals surface area contributed by atoms with Gasteiger partial charge in [-0.25, -0.2) is 4.39 Å². The second-order valence-corrected chi connectivity index (χ2v) is 7.85. The van der Waals surface area contributed by atoms with Gasteiger partial charge in [-0.3, -0.25) is 0 Å². The monoisotopic (exact) mass is 365 g/mol. The highest BCUT2D eigenvalue weighted by Crippen LogP contribution is 2.38. The summed E-state index contributed by atoms with van der Waals surface area (Å²) in [5, 5.41) is 0. The molecule has 1 heterocycles. The molecule has 0 amide bonds. The summed E-state index contributed by atoms with van der Waals surface area (Å²) in [6, 6.07) is 5.56. The first-order valence-corrected chi connectivity index (χ1v) is 9.69. The topological polar surface area (TPSA) is 3.24 Å². The molecule has 1 aliphatic heterocycles. The molecule has 0 bridgehead atoms. The van der Waals surface area contributed by atoms with Crippen molar-refractivity contribution in [2.24, 2.45) is 0 Å². The molecule has 2 rings (SSSR count). The van der Waals surface area contributed by atoms with E-state index >= 15 is 0 Å². The zero-order valence-corrected chi connectivity index (χ0v) is 17.2. The molecule has 1 aromatic carbocycles. The van der Waals surface area contributed by atoms with E-state index in [-0.39, 0.29) is 11.4 Å². The van der Waals surface area contributed by atoms with Gasteiger partial charge in [0, 0.05) is 29.4 Å². The lowest BCUT2D eigenvalue weighted by molar-refractivity contribution is 0.214. The minimum absolute atomic E-state index is 0.0785. The van der Waals surface area contributed by atoms with Crippen LogP contribution in [0.1, 0.15) is 51.2 Å². The summed E-state index contributed by atoms with van der Waals surface area (Å²) in [6.45, 7) is 20.8. The Morgan fingerprint density at radius 1 is 1.19 bits per heavy atom. The number of aryl methyl sites for hydroxylation is 1. The molecular weight excluding hydrogens is 333 g/mol. The SMILES string of the molecule is C=CC1=C(C=C)N(C(C)(C)CCCC)C=C(Cc2cccc(C)c2F)C1=C. The van der Waals surface area contributed by atoms with E-state index in [1.165, 1.54) is 0 Å². The molecule has 0 saturated carbocycles. The Morgan fingerprint density at radius 3 is 2.48 bits per heavy atom. The predicted octanol–water partition coefficient (Wildman–Crippen LogP) is 7.03. The maximum absolute atomic E-state index is 14.6. The maximum atomic E-state index is 14.6. The second kappa shape index (κ2) is 8.56. The van der Waals surface area contributed by atoms with E-state index in [4.69, 9.17) is 0 Å². The van der Waals surface area contributed by atoms with Crippen LogP contribution >= 0.6 is 0 Å². The van der Waals surface area contributed by atoms with Gasteiger partial charge < -0.3 is 4.90 Å². The summed E-state index contributed by atoms with van der Waals surface area (Å²) in [6.07, 6.45) is 9.70. The Kier molecular flexibility index (Phi) is 6.64. The number of hydrogen-bond donors (Lipinski definition) is 0. The molecule has 2 heteroatoms. The van der Waals surface area contributed by atoms with Crippen LogP contribution < -0.4 is 0 Å². The van der Waals surface area contributed by atoms with Crippen molar-refractivity contribution >= 4 is 0 Å². The highest BCUT2D eigenvalue weighted by Gasteiger charge is 2.31. The largest absolute Gasteiger partial charge is 0.342 e. The Labute approximate surface area is 164 Å². The molecule has 0 radical (unpaired) electrons. The van der Waals surface area contributed by atoms with Crippen molar-refractivity contribution in [3.05, 3.63) is 95.6 Å². The number of hydrogen-bond acceptors (Lipinski definition) is 1. The Hall–Kier alpha value is -2.35. The van der Waals surface area contributed by atoms with Crippen molar-refractivity contribution in [2.75, 3.05) is 0 Å². The highest BCUT2D eigenvalue weighted by molar-refractivity contribution is 5.58. The van der Waals surface area contributed by atoms with Crippen molar-refractivity contribution in [1.82, 2.24) is 4.90 Å². The third-order valence-corrected chi connectivity index (χ3v) is 5.38. The fraction of sp³-hybridized carbons (Fsp3) is 0.360. The van der Waals surface area contributed by atoms with Gasteiger partial charge in [-0.15, -0.1) is 0 Å². The minimum Gasteiger partial charge on any atom is -0.342 e. The van der Waals surface area contributed by atoms with Gasteiger partial charge in [0.25, 0.3) is 0 Å². The summed E-state index contributed by atoms with van der Waals surface area (Å²) in [7, 11) is 0. The highest BCUT2D eigenvalue weighted by atomic mass is 19.1. The summed E-state index contributed by atoms with van der Waals surface area (Å²) >= 11 is 0. The van der Waals surface area contributed by atoms with E-state index in [0.717, 1.165) is 41.7 Å². The van der Waals surface area contributed by atoms with Crippen LogP contribution in [0.5, 0.6) is 0 Å². The lowest BCUT2D eigenvalue weighted by atomic mass is 9.86. The fourth-order valence-electron chi connectivity index (χ4n) is 3.63. The molecular formula is C25H32FN. The zero-order chi connectivity index (χ0) is 20.2. The van der Waals surface area contributed by atoms with E-state index in [1.807, 2.05) is 24.3 Å². The first-order chi connectivity index (χ1) is 12.8. The van der Waals surface area contributed by atoms with E-state index < -0.39 is 0 Å². The third kappa shape index (κ3) is 4.32. The van der Waals surface area contributed by atoms with Crippen LogP contribution in [0.25, 0.3) is 0 Å². The number of allylic oxidation sites excluding steroid dienone is 5. The predicted molar refractivity (Wildman–Crippen MR) is 115 cm³/mol. The van der Waals surface area contributed by atoms with Gasteiger partial charge in [0.1, 0.15) is 5.82 Å². The van der Waals surface area contributed by atoms with Crippen LogP contribution in [-0.2, 0) is 6.42 Å². The van der Waals surface area contributed by atoms with Gasteiger partial charge >= 0.3 is 0 Å². The fourth-order valence-corrected chi connectivity index (χ4v) is 3.63. The molecule has 1 aliphatic rings. The van der Waals surface area contributed by atoms with Crippen molar-refractivity contribution < 1.29 is 4.39 Å². The second-order valence-electron chi connectivity index (χ2n) is 7.85. The van der Waals surface area contributed by atoms with E-state index in [9.17, 15) is 4.39 Å². The van der Waals surface area contributed by atoms with Gasteiger partial charge in [0.05, 0.1) is 0 Å². The summed E-state index contributed by atoms with van der Waals surface area (Å²) in [5.41, 5.74) is 5.18. The molecule has 0 atom stereocenters. The first kappa shape index (κ1) is 21.0. The van der Waals surface area contributed by atoms with Gasteiger partial charge in [-0.1, -0.05) is 63.8 Å². The van der Waals surface area contributed by atoms with Crippen molar-refractivity contribution in [3.63, 3.8) is 0 Å². The van der Waals surface area contributed by atoms with Crippen LogP contribution in [0.3, 0.4) is 0 Å². The summed E-state index contributed by atoms with van der Waals surface area (Å²) in [4.78, 5) is 2.27. The van der Waals surface area contributed by atoms with Crippen LogP contribution in [0.2, 0.25) is 0 Å². The van der Waals surface area contributed by atoms with Crippen LogP contribution in [0.15, 0.2) is 78.7 Å². The number of halogens is 1. The number of benzene rings is 1. The van der Waals surface area contributed by atoms with Crippen molar-refractivity contribution in [2.45, 2.75) is 58.9 Å². The molecule has 0 spiro atoms. The molecule has 0 aromatic heterocycles. The molecule has 0 N–H and O–H groups in total. The molecule has 0 saturated heterocycles. The molecule has 1 nitrogen and oxygen atoms in total. The zero-order valence-electron chi connectivity index (χ0n) is 17.2. The minimum atomic E-state index is -0.137. The van der Waals surface area contributed by atoms with Gasteiger partial charge in [0.2, 0.25) is 0 Å². The molecule has 0 aliphatic carbocycles. The third-order valence-electron chi connectivity index (χ3n) is 5.38. The molecule has 1 aromatic rings. The lowest BCUT2D eigenvalue weighted by Crippen LogP contribution is -2.41. The Bertz CT molecular complexity index is 808. The standard InChI is InChI=1S/C25H32FN/c1-8-11-15-25(6,7)27-17-21(19(5)22(9-2)23(27)10-3)16-20-14-12-13-18(4)24(20)26/h9-10,12-14,17H,2-3,5,8,11,15-16H2,1,4,6-7H3. The first-order valence-electron chi connectivity index (χ1n) is 9.69. The van der Waals surface area contributed by atoms with E-state index in [1.54, 1.807) is 13.0 Å². The van der Waals surface area contributed by atoms with E-state index in [0.29, 0.717) is 17.5 Å². The normalized spacial score (nSPS) is 15.1.